The molecule has 0 aliphatic carbocycles. The Morgan fingerprint density at radius 2 is 2.04 bits per heavy atom. The van der Waals surface area contributed by atoms with Crippen molar-refractivity contribution in [2.45, 2.75) is 19.0 Å². The van der Waals surface area contributed by atoms with Crippen LogP contribution in [0.2, 0.25) is 5.02 Å². The summed E-state index contributed by atoms with van der Waals surface area (Å²) in [5, 5.41) is 12.2. The highest BCUT2D eigenvalue weighted by Crippen LogP contribution is 2.24. The molecule has 3 rings (SSSR count). The molecule has 0 saturated heterocycles. The van der Waals surface area contributed by atoms with Gasteiger partial charge in [0.05, 0.1) is 11.4 Å². The van der Waals surface area contributed by atoms with Crippen LogP contribution in [0.25, 0.3) is 5.69 Å². The molecular weight excluding hydrogens is 436 g/mol. The van der Waals surface area contributed by atoms with Crippen LogP contribution < -0.4 is 5.32 Å². The molecule has 2 aromatic carbocycles. The minimum atomic E-state index is -0.104. The van der Waals surface area contributed by atoms with Gasteiger partial charge in [-0.2, -0.15) is 0 Å². The number of hydrogen-bond donors (Lipinski definition) is 1. The Hall–Kier alpha value is -1.83. The Bertz CT molecular complexity index is 960. The molecule has 0 saturated carbocycles. The zero-order valence-corrected chi connectivity index (χ0v) is 17.3. The fourth-order valence-corrected chi connectivity index (χ4v) is 3.43. The van der Waals surface area contributed by atoms with Crippen molar-refractivity contribution in [3.63, 3.8) is 0 Å². The number of anilines is 1. The molecule has 1 aromatic heterocycles. The molecule has 5 nitrogen and oxygen atoms in total. The lowest BCUT2D eigenvalue weighted by molar-refractivity contribution is -0.113. The topological polar surface area (TPSA) is 59.8 Å². The number of amides is 1. The predicted octanol–water partition coefficient (Wildman–Crippen LogP) is 5.03. The normalized spacial score (nSPS) is 10.8. The highest BCUT2D eigenvalue weighted by atomic mass is 79.9. The lowest BCUT2D eigenvalue weighted by atomic mass is 10.2. The molecule has 1 heterocycles. The van der Waals surface area contributed by atoms with E-state index in [2.05, 4.69) is 31.4 Å². The number of nitrogens with one attached hydrogen (secondary N) is 1. The summed E-state index contributed by atoms with van der Waals surface area (Å²) in [6.07, 6.45) is 1.61. The van der Waals surface area contributed by atoms with Crippen molar-refractivity contribution in [3.8, 4) is 5.69 Å². The fraction of sp³-hybridized carbons (Fsp3) is 0.167. The summed E-state index contributed by atoms with van der Waals surface area (Å²) in [6, 6.07) is 11.4. The van der Waals surface area contributed by atoms with E-state index in [-0.39, 0.29) is 11.7 Å². The molecule has 0 atom stereocenters. The molecule has 8 heteroatoms. The molecule has 0 aliphatic heterocycles. The average molecular weight is 452 g/mol. The summed E-state index contributed by atoms with van der Waals surface area (Å²) in [5.74, 6) is 0.126. The number of rotatable bonds is 5. The minimum absolute atomic E-state index is 0.104. The second-order valence-corrected chi connectivity index (χ2v) is 7.92. The Morgan fingerprint density at radius 3 is 2.77 bits per heavy atom. The van der Waals surface area contributed by atoms with E-state index in [1.807, 2.05) is 54.8 Å². The van der Waals surface area contributed by atoms with Gasteiger partial charge in [-0.1, -0.05) is 45.4 Å². The standard InChI is InChI=1S/C18H16BrClN4OS/c1-11-3-5-14(8-16(11)20)24-10-21-23-18(24)26-9-17(25)22-13-4-6-15(19)12(2)7-13/h3-8,10H,9H2,1-2H3,(H,22,25). The molecule has 0 radical (unpaired) electrons. The van der Waals surface area contributed by atoms with Crippen LogP contribution in [-0.2, 0) is 4.79 Å². The Kier molecular flexibility index (Phi) is 6.01. The molecule has 0 unspecified atom stereocenters. The first-order chi connectivity index (χ1) is 12.4. The maximum atomic E-state index is 12.2. The van der Waals surface area contributed by atoms with Crippen LogP contribution in [0.1, 0.15) is 11.1 Å². The van der Waals surface area contributed by atoms with Crippen LogP contribution in [0.4, 0.5) is 5.69 Å². The van der Waals surface area contributed by atoms with E-state index in [9.17, 15) is 4.79 Å². The summed E-state index contributed by atoms with van der Waals surface area (Å²) >= 11 is 11.0. The van der Waals surface area contributed by atoms with Gasteiger partial charge in [0.25, 0.3) is 0 Å². The molecule has 1 N–H and O–H groups in total. The molecule has 0 spiro atoms. The number of carbonyl (C=O) groups excluding carboxylic acids is 1. The van der Waals surface area contributed by atoms with Crippen molar-refractivity contribution in [2.75, 3.05) is 11.1 Å². The quantitative estimate of drug-likeness (QED) is 0.553. The first-order valence-electron chi connectivity index (χ1n) is 7.79. The number of halogens is 2. The maximum Gasteiger partial charge on any atom is 0.234 e. The number of hydrogen-bond acceptors (Lipinski definition) is 4. The monoisotopic (exact) mass is 450 g/mol. The van der Waals surface area contributed by atoms with E-state index in [1.165, 1.54) is 11.8 Å². The second kappa shape index (κ2) is 8.24. The zero-order valence-electron chi connectivity index (χ0n) is 14.2. The summed E-state index contributed by atoms with van der Waals surface area (Å²) in [7, 11) is 0. The maximum absolute atomic E-state index is 12.2. The van der Waals surface area contributed by atoms with Gasteiger partial charge in [-0.05, 0) is 55.3 Å². The number of thioether (sulfide) groups is 1. The molecule has 134 valence electrons. The van der Waals surface area contributed by atoms with E-state index >= 15 is 0 Å². The number of nitrogens with zero attached hydrogens (tertiary/aromatic N) is 3. The number of benzene rings is 2. The smallest absolute Gasteiger partial charge is 0.234 e. The molecular formula is C18H16BrClN4OS. The highest BCUT2D eigenvalue weighted by molar-refractivity contribution is 9.10. The molecule has 1 amide bonds. The molecule has 3 aromatic rings. The average Bonchev–Trinajstić information content (AvgIpc) is 3.07. The third kappa shape index (κ3) is 4.47. The Labute approximate surface area is 169 Å². The Morgan fingerprint density at radius 1 is 1.23 bits per heavy atom. The van der Waals surface area contributed by atoms with E-state index in [0.717, 1.165) is 27.0 Å². The number of aromatic nitrogens is 3. The van der Waals surface area contributed by atoms with Crippen LogP contribution in [-0.4, -0.2) is 26.4 Å². The van der Waals surface area contributed by atoms with E-state index < -0.39 is 0 Å². The summed E-state index contributed by atoms with van der Waals surface area (Å²) in [6.45, 7) is 3.92. The van der Waals surface area contributed by atoms with Gasteiger partial charge in [-0.15, -0.1) is 10.2 Å². The molecule has 0 aliphatic rings. The van der Waals surface area contributed by atoms with Crippen LogP contribution in [0.15, 0.2) is 52.4 Å². The first-order valence-corrected chi connectivity index (χ1v) is 9.95. The predicted molar refractivity (Wildman–Crippen MR) is 109 cm³/mol. The molecule has 0 fully saturated rings. The first kappa shape index (κ1) is 18.9. The van der Waals surface area contributed by atoms with Crippen LogP contribution in [0.3, 0.4) is 0 Å². The van der Waals surface area contributed by atoms with Crippen molar-refractivity contribution >= 4 is 50.9 Å². The summed E-state index contributed by atoms with van der Waals surface area (Å²) < 4.78 is 2.82. The fourth-order valence-electron chi connectivity index (χ4n) is 2.28. The van der Waals surface area contributed by atoms with Gasteiger partial charge in [-0.25, -0.2) is 0 Å². The van der Waals surface area contributed by atoms with Gasteiger partial charge in [0.1, 0.15) is 6.33 Å². The van der Waals surface area contributed by atoms with E-state index in [1.54, 1.807) is 6.33 Å². The van der Waals surface area contributed by atoms with Gasteiger partial charge in [-0.3, -0.25) is 9.36 Å². The van der Waals surface area contributed by atoms with Crippen LogP contribution in [0.5, 0.6) is 0 Å². The van der Waals surface area contributed by atoms with Crippen molar-refractivity contribution in [3.05, 3.63) is 63.3 Å². The lowest BCUT2D eigenvalue weighted by Crippen LogP contribution is -2.14. The third-order valence-corrected chi connectivity index (χ3v) is 5.96. The summed E-state index contributed by atoms with van der Waals surface area (Å²) in [5.41, 5.74) is 3.69. The highest BCUT2D eigenvalue weighted by Gasteiger charge is 2.11. The molecule has 0 bridgehead atoms. The second-order valence-electron chi connectivity index (χ2n) is 5.72. The van der Waals surface area contributed by atoms with Gasteiger partial charge in [0.15, 0.2) is 5.16 Å². The number of aryl methyl sites for hydroxylation is 2. The molecule has 26 heavy (non-hydrogen) atoms. The van der Waals surface area contributed by atoms with Crippen molar-refractivity contribution in [2.24, 2.45) is 0 Å². The zero-order chi connectivity index (χ0) is 18.7. The van der Waals surface area contributed by atoms with E-state index in [4.69, 9.17) is 11.6 Å². The Balaban J connectivity index is 1.66. The van der Waals surface area contributed by atoms with E-state index in [0.29, 0.717) is 10.2 Å². The largest absolute Gasteiger partial charge is 0.325 e. The van der Waals surface area contributed by atoms with Crippen molar-refractivity contribution in [1.82, 2.24) is 14.8 Å². The van der Waals surface area contributed by atoms with Gasteiger partial charge in [0.2, 0.25) is 5.91 Å². The SMILES string of the molecule is Cc1ccc(-n2cnnc2SCC(=O)Nc2ccc(Br)c(C)c2)cc1Cl. The van der Waals surface area contributed by atoms with Gasteiger partial charge in [0, 0.05) is 15.2 Å². The lowest BCUT2D eigenvalue weighted by Gasteiger charge is -2.09. The van der Waals surface area contributed by atoms with Crippen molar-refractivity contribution < 1.29 is 4.79 Å². The van der Waals surface area contributed by atoms with Crippen LogP contribution >= 0.6 is 39.3 Å². The van der Waals surface area contributed by atoms with Crippen molar-refractivity contribution in [1.29, 1.82) is 0 Å². The minimum Gasteiger partial charge on any atom is -0.325 e. The van der Waals surface area contributed by atoms with Gasteiger partial charge < -0.3 is 5.32 Å². The van der Waals surface area contributed by atoms with Crippen LogP contribution in [0, 0.1) is 13.8 Å². The third-order valence-electron chi connectivity index (χ3n) is 3.72. The van der Waals surface area contributed by atoms with Gasteiger partial charge >= 0.3 is 0 Å². The number of carbonyl (C=O) groups is 1. The summed E-state index contributed by atoms with van der Waals surface area (Å²) in [4.78, 5) is 12.2.